The van der Waals surface area contributed by atoms with Gasteiger partial charge in [-0.05, 0) is 124 Å². The normalized spacial score (nSPS) is 25.6. The maximum absolute atomic E-state index is 14.2. The van der Waals surface area contributed by atoms with Gasteiger partial charge < -0.3 is 15.2 Å². The number of rotatable bonds is 17. The van der Waals surface area contributed by atoms with E-state index in [0.29, 0.717) is 48.1 Å². The first-order valence-electron chi connectivity index (χ1n) is 22.7. The van der Waals surface area contributed by atoms with Crippen LogP contribution >= 0.6 is 11.6 Å². The molecule has 1 aliphatic heterocycles. The summed E-state index contributed by atoms with van der Waals surface area (Å²) in [5, 5.41) is 5.11. The van der Waals surface area contributed by atoms with Crippen LogP contribution in [0, 0.1) is 11.8 Å². The van der Waals surface area contributed by atoms with Crippen molar-refractivity contribution < 1.29 is 25.3 Å². The van der Waals surface area contributed by atoms with Gasteiger partial charge in [-0.2, -0.15) is 4.31 Å². The molecule has 63 heavy (non-hydrogen) atoms. The van der Waals surface area contributed by atoms with Crippen molar-refractivity contribution in [3.8, 4) is 0 Å². The molecule has 4 saturated carbocycles. The molecule has 5 aromatic rings. The molecule has 4 fully saturated rings. The van der Waals surface area contributed by atoms with E-state index in [4.69, 9.17) is 11.6 Å². The fourth-order valence-corrected chi connectivity index (χ4v) is 16.1. The van der Waals surface area contributed by atoms with Crippen LogP contribution in [-0.4, -0.2) is 96.2 Å². The Bertz CT molecular complexity index is 2860. The molecule has 4 aliphatic carbocycles. The number of nitrogens with zero attached hydrogens (tertiary/aromatic N) is 5. The van der Waals surface area contributed by atoms with Crippen molar-refractivity contribution in [1.29, 1.82) is 0 Å². The van der Waals surface area contributed by atoms with Crippen LogP contribution in [0.15, 0.2) is 66.1 Å². The van der Waals surface area contributed by atoms with E-state index in [1.807, 2.05) is 12.4 Å². The molecule has 0 radical (unpaired) electrons. The van der Waals surface area contributed by atoms with Crippen molar-refractivity contribution in [2.45, 2.75) is 137 Å². The second-order valence-electron chi connectivity index (χ2n) is 18.6. The number of hydrogen-bond acceptors (Lipinski definition) is 10. The Morgan fingerprint density at radius 2 is 1.62 bits per heavy atom. The molecule has 5 aliphatic rings. The van der Waals surface area contributed by atoms with Gasteiger partial charge in [0.1, 0.15) is 5.65 Å². The Morgan fingerprint density at radius 1 is 0.857 bits per heavy atom. The van der Waals surface area contributed by atoms with E-state index >= 15 is 0 Å². The van der Waals surface area contributed by atoms with Crippen LogP contribution in [0.4, 0.5) is 5.69 Å². The molecule has 10 rings (SSSR count). The smallest absolute Gasteiger partial charge is 0.269 e. The van der Waals surface area contributed by atoms with Crippen molar-refractivity contribution in [2.75, 3.05) is 18.0 Å². The number of anilines is 1. The number of halogens is 1. The maximum Gasteiger partial charge on any atom is 0.269 e. The molecule has 1 aromatic carbocycles. The van der Waals surface area contributed by atoms with E-state index in [0.717, 1.165) is 90.5 Å². The molecule has 0 saturated heterocycles. The quantitative estimate of drug-likeness (QED) is 0.0934. The monoisotopic (exact) mass is 936 g/mol. The van der Waals surface area contributed by atoms with Crippen LogP contribution in [0.1, 0.15) is 94.7 Å². The molecule has 3 N–H and O–H groups in total. The number of aromatic nitrogens is 4. The summed E-state index contributed by atoms with van der Waals surface area (Å²) in [7, 11) is -10.9. The van der Waals surface area contributed by atoms with E-state index in [2.05, 4.69) is 49.8 Å². The first-order valence-corrected chi connectivity index (χ1v) is 27.6. The summed E-state index contributed by atoms with van der Waals surface area (Å²) in [4.78, 5) is 15.0. The summed E-state index contributed by atoms with van der Waals surface area (Å²) in [5.41, 5.74) is 5.07. The van der Waals surface area contributed by atoms with Gasteiger partial charge in [0.2, 0.25) is 20.0 Å². The summed E-state index contributed by atoms with van der Waals surface area (Å²) in [5.74, 6) is 0.680. The fraction of sp³-hybridized carbons (Fsp3) is 0.556. The largest absolute Gasteiger partial charge is 0.367 e. The lowest BCUT2D eigenvalue weighted by Gasteiger charge is -2.32. The highest BCUT2D eigenvalue weighted by atomic mass is 35.5. The molecule has 5 heterocycles. The molecular weight excluding hydrogens is 880 g/mol. The number of aromatic amines is 1. The molecule has 0 spiro atoms. The average molecular weight is 938 g/mol. The highest BCUT2D eigenvalue weighted by molar-refractivity contribution is 7.90. The van der Waals surface area contributed by atoms with Crippen LogP contribution in [0.2, 0.25) is 5.02 Å². The lowest BCUT2D eigenvalue weighted by Crippen LogP contribution is -2.42. The van der Waals surface area contributed by atoms with E-state index in [-0.39, 0.29) is 51.8 Å². The minimum Gasteiger partial charge on any atom is -0.367 e. The zero-order valence-electron chi connectivity index (χ0n) is 35.8. The Labute approximate surface area is 375 Å². The van der Waals surface area contributed by atoms with E-state index < -0.39 is 30.1 Å². The highest BCUT2D eigenvalue weighted by Gasteiger charge is 2.48. The SMILES string of the molecule is CC[C@@H]1C[C@H](NS(=O)(=O)C2CC2)C[C@@H]1NCCc1cnc2c(ccn2S(=O)(=O)c2ccc(CN([C@H]3C[C@@H](CC)[C@@H](N4CCc5cnc6[nH]ccc6c54)C3)S(=O)(=O)C3CC3)cc2)c1Cl. The predicted molar refractivity (Wildman–Crippen MR) is 246 cm³/mol. The van der Waals surface area contributed by atoms with Gasteiger partial charge >= 0.3 is 0 Å². The van der Waals surface area contributed by atoms with Gasteiger partial charge in [0.25, 0.3) is 10.0 Å². The molecule has 18 heteroatoms. The van der Waals surface area contributed by atoms with Crippen molar-refractivity contribution in [2.24, 2.45) is 11.8 Å². The second kappa shape index (κ2) is 16.7. The average Bonchev–Trinajstić information content (AvgIpc) is 4.04. The predicted octanol–water partition coefficient (Wildman–Crippen LogP) is 6.49. The Balaban J connectivity index is 0.822. The standard InChI is InChI=1S/C45H57ClN8O6S3/c1-3-29-21-33(51-61(55,56)35-9-10-35)23-40(29)47-17-13-31-25-50-45-38(42(31)46)16-20-53(45)62(57,58)36-7-5-28(6-8-36)27-54(63(59,60)37-11-12-37)34-22-30(4-2)41(24-34)52-19-15-32-26-49-44-39(43(32)52)14-18-48-44/h5-8,14,16,18,20,25-26,29-30,33-35,37,40-41,47,51H,3-4,9-13,15,17,19,21-24,27H2,1-2H3,(H,48,49)/t29-,30-,33+,34+,40+,41+/m1/s1. The number of fused-ring (bicyclic) bond motifs is 4. The summed E-state index contributed by atoms with van der Waals surface area (Å²) in [6.45, 7) is 6.01. The van der Waals surface area contributed by atoms with Gasteiger partial charge in [0.05, 0.1) is 26.1 Å². The van der Waals surface area contributed by atoms with Crippen molar-refractivity contribution >= 4 is 69.4 Å². The van der Waals surface area contributed by atoms with Crippen LogP contribution in [0.5, 0.6) is 0 Å². The number of sulfonamides is 2. The first kappa shape index (κ1) is 43.3. The number of benzene rings is 1. The lowest BCUT2D eigenvalue weighted by atomic mass is 9.99. The van der Waals surface area contributed by atoms with Crippen molar-refractivity contribution in [1.82, 2.24) is 33.3 Å². The molecule has 14 nitrogen and oxygen atoms in total. The van der Waals surface area contributed by atoms with Gasteiger partial charge in [-0.3, -0.25) is 0 Å². The van der Waals surface area contributed by atoms with Crippen LogP contribution in [-0.2, 0) is 49.5 Å². The summed E-state index contributed by atoms with van der Waals surface area (Å²) in [6.07, 6.45) is 16.2. The molecule has 338 valence electrons. The van der Waals surface area contributed by atoms with E-state index in [1.165, 1.54) is 17.4 Å². The van der Waals surface area contributed by atoms with Crippen LogP contribution in [0.25, 0.3) is 22.1 Å². The highest BCUT2D eigenvalue weighted by Crippen LogP contribution is 2.45. The molecule has 4 aromatic heterocycles. The van der Waals surface area contributed by atoms with Gasteiger partial charge in [-0.15, -0.1) is 0 Å². The molecule has 0 unspecified atom stereocenters. The summed E-state index contributed by atoms with van der Waals surface area (Å²) >= 11 is 6.91. The number of hydrogen-bond donors (Lipinski definition) is 3. The van der Waals surface area contributed by atoms with Gasteiger partial charge in [0, 0.05) is 72.8 Å². The Morgan fingerprint density at radius 3 is 2.35 bits per heavy atom. The van der Waals surface area contributed by atoms with Crippen LogP contribution in [0.3, 0.4) is 0 Å². The lowest BCUT2D eigenvalue weighted by molar-refractivity contribution is 0.306. The summed E-state index contributed by atoms with van der Waals surface area (Å²) in [6, 6.07) is 10.5. The number of H-pyrrole nitrogens is 1. The Kier molecular flexibility index (Phi) is 11.5. The van der Waals surface area contributed by atoms with Crippen molar-refractivity contribution in [3.63, 3.8) is 0 Å². The van der Waals surface area contributed by atoms with Crippen molar-refractivity contribution in [3.05, 3.63) is 82.9 Å². The Hall–Kier alpha value is -3.58. The number of pyridine rings is 2. The maximum atomic E-state index is 14.2. The summed E-state index contributed by atoms with van der Waals surface area (Å²) < 4.78 is 87.6. The van der Waals surface area contributed by atoms with Gasteiger partial charge in [-0.25, -0.2) is 43.9 Å². The zero-order valence-corrected chi connectivity index (χ0v) is 39.0. The first-order chi connectivity index (χ1) is 30.3. The third-order valence-corrected chi connectivity index (χ3v) is 21.1. The zero-order chi connectivity index (χ0) is 43.8. The molecule has 0 amide bonds. The fourth-order valence-electron chi connectivity index (χ4n) is 10.9. The van der Waals surface area contributed by atoms with Gasteiger partial charge in [0.15, 0.2) is 5.65 Å². The number of nitrogens with one attached hydrogen (secondary N) is 3. The van der Waals surface area contributed by atoms with Gasteiger partial charge in [-0.1, -0.05) is 50.4 Å². The molecule has 0 bridgehead atoms. The van der Waals surface area contributed by atoms with E-state index in [1.54, 1.807) is 40.8 Å². The molecule has 6 atom stereocenters. The third kappa shape index (κ3) is 8.11. The van der Waals surface area contributed by atoms with E-state index in [9.17, 15) is 25.3 Å². The second-order valence-corrected chi connectivity index (χ2v) is 24.9. The minimum absolute atomic E-state index is 0.0656. The third-order valence-electron chi connectivity index (χ3n) is 14.6. The minimum atomic E-state index is -4.07. The van der Waals surface area contributed by atoms with Crippen LogP contribution < -0.4 is 14.9 Å². The molecular formula is C45H57ClN8O6S3. The topological polar surface area (TPSA) is 179 Å².